The van der Waals surface area contributed by atoms with Crippen LogP contribution >= 0.6 is 11.6 Å². The molecule has 0 amide bonds. The number of ether oxygens (including phenoxy) is 1. The van der Waals surface area contributed by atoms with Crippen LogP contribution < -0.4 is 0 Å². The number of esters is 1. The Morgan fingerprint density at radius 1 is 1.30 bits per heavy atom. The average Bonchev–Trinajstić information content (AvgIpc) is 2.94. The van der Waals surface area contributed by atoms with Crippen molar-refractivity contribution in [3.63, 3.8) is 0 Å². The van der Waals surface area contributed by atoms with E-state index in [0.717, 1.165) is 11.1 Å². The zero-order valence-corrected chi connectivity index (χ0v) is 13.6. The first-order valence-corrected chi connectivity index (χ1v) is 7.75. The normalized spacial score (nSPS) is 12.3. The fourth-order valence-corrected chi connectivity index (χ4v) is 2.59. The van der Waals surface area contributed by atoms with Gasteiger partial charge in [-0.15, -0.1) is 0 Å². The molecule has 0 radical (unpaired) electrons. The lowest BCUT2D eigenvalue weighted by Gasteiger charge is -2.15. The average molecular weight is 330 g/mol. The first-order chi connectivity index (χ1) is 11.1. The highest BCUT2D eigenvalue weighted by Crippen LogP contribution is 2.28. The molecule has 5 nitrogen and oxygen atoms in total. The van der Waals surface area contributed by atoms with Crippen LogP contribution in [-0.2, 0) is 9.53 Å². The number of aromatic nitrogens is 3. The molecular formula is C17H16ClN3O2. The smallest absolute Gasteiger partial charge is 0.328 e. The van der Waals surface area contributed by atoms with Gasteiger partial charge in [0.05, 0.1) is 6.61 Å². The van der Waals surface area contributed by atoms with Crippen LogP contribution in [-0.4, -0.2) is 27.1 Å². The molecule has 0 saturated heterocycles. The van der Waals surface area contributed by atoms with Gasteiger partial charge in [-0.3, -0.25) is 4.57 Å². The molecule has 0 unspecified atom stereocenters. The van der Waals surface area contributed by atoms with Gasteiger partial charge >= 0.3 is 5.97 Å². The summed E-state index contributed by atoms with van der Waals surface area (Å²) in [6.07, 6.45) is 1.68. The van der Waals surface area contributed by atoms with Crippen LogP contribution in [0.4, 0.5) is 0 Å². The van der Waals surface area contributed by atoms with Crippen LogP contribution in [0.3, 0.4) is 0 Å². The maximum atomic E-state index is 12.2. The van der Waals surface area contributed by atoms with Crippen LogP contribution in [0.1, 0.15) is 19.9 Å². The summed E-state index contributed by atoms with van der Waals surface area (Å²) in [5, 5.41) is 0.646. The van der Waals surface area contributed by atoms with Crippen LogP contribution in [0.2, 0.25) is 5.02 Å². The highest BCUT2D eigenvalue weighted by molar-refractivity contribution is 6.30. The van der Waals surface area contributed by atoms with Gasteiger partial charge < -0.3 is 4.74 Å². The summed E-state index contributed by atoms with van der Waals surface area (Å²) in [4.78, 5) is 21.2. The van der Waals surface area contributed by atoms with E-state index in [4.69, 9.17) is 16.3 Å². The number of pyridine rings is 1. The predicted octanol–water partition coefficient (Wildman–Crippen LogP) is 3.88. The Labute approximate surface area is 138 Å². The van der Waals surface area contributed by atoms with Gasteiger partial charge in [-0.25, -0.2) is 14.8 Å². The second-order valence-electron chi connectivity index (χ2n) is 5.09. The number of hydrogen-bond donors (Lipinski definition) is 0. The number of benzene rings is 1. The van der Waals surface area contributed by atoms with E-state index in [1.165, 1.54) is 0 Å². The third kappa shape index (κ3) is 2.92. The van der Waals surface area contributed by atoms with Gasteiger partial charge in [0.15, 0.2) is 5.65 Å². The van der Waals surface area contributed by atoms with E-state index < -0.39 is 6.04 Å². The van der Waals surface area contributed by atoms with Gasteiger partial charge in [0, 0.05) is 16.8 Å². The van der Waals surface area contributed by atoms with Crippen molar-refractivity contribution in [2.75, 3.05) is 6.61 Å². The van der Waals surface area contributed by atoms with Gasteiger partial charge in [0.25, 0.3) is 0 Å². The fraction of sp³-hybridized carbons (Fsp3) is 0.235. The van der Waals surface area contributed by atoms with Gasteiger partial charge in [-0.2, -0.15) is 0 Å². The van der Waals surface area contributed by atoms with E-state index in [-0.39, 0.29) is 5.97 Å². The van der Waals surface area contributed by atoms with Crippen LogP contribution in [0.5, 0.6) is 0 Å². The van der Waals surface area contributed by atoms with E-state index in [1.54, 1.807) is 36.7 Å². The highest BCUT2D eigenvalue weighted by Gasteiger charge is 2.24. The van der Waals surface area contributed by atoms with Crippen LogP contribution in [0.15, 0.2) is 42.6 Å². The van der Waals surface area contributed by atoms with Crippen molar-refractivity contribution in [3.05, 3.63) is 47.6 Å². The van der Waals surface area contributed by atoms with Crippen molar-refractivity contribution >= 4 is 28.7 Å². The number of carbonyl (C=O) groups excluding carboxylic acids is 1. The number of nitrogens with zero attached hydrogens (tertiary/aromatic N) is 3. The fourth-order valence-electron chi connectivity index (χ4n) is 2.47. The second-order valence-corrected chi connectivity index (χ2v) is 5.52. The molecule has 0 N–H and O–H groups in total. The number of halogens is 1. The van der Waals surface area contributed by atoms with Crippen molar-refractivity contribution in [2.45, 2.75) is 19.9 Å². The Balaban J connectivity index is 2.19. The SMILES string of the molecule is CCOC(=O)[C@H](C)n1c(-c2ccc(Cl)cc2)nc2cccnc21. The lowest BCUT2D eigenvalue weighted by atomic mass is 10.2. The summed E-state index contributed by atoms with van der Waals surface area (Å²) >= 11 is 5.96. The van der Waals surface area contributed by atoms with E-state index in [1.807, 2.05) is 24.3 Å². The third-order valence-electron chi connectivity index (χ3n) is 3.57. The minimum atomic E-state index is -0.527. The monoisotopic (exact) mass is 329 g/mol. The number of carbonyl (C=O) groups is 1. The standard InChI is InChI=1S/C17H16ClN3O2/c1-3-23-17(22)11(2)21-15(12-6-8-13(18)9-7-12)20-14-5-4-10-19-16(14)21/h4-11H,3H2,1-2H3/t11-/m0/s1. The van der Waals surface area contributed by atoms with Crippen molar-refractivity contribution in [1.82, 2.24) is 14.5 Å². The maximum absolute atomic E-state index is 12.2. The molecule has 0 aliphatic carbocycles. The molecule has 2 aromatic heterocycles. The summed E-state index contributed by atoms with van der Waals surface area (Å²) in [7, 11) is 0. The Kier molecular flexibility index (Phi) is 4.30. The van der Waals surface area contributed by atoms with E-state index >= 15 is 0 Å². The molecule has 0 bridgehead atoms. The lowest BCUT2D eigenvalue weighted by molar-refractivity contribution is -0.146. The van der Waals surface area contributed by atoms with Crippen molar-refractivity contribution in [2.24, 2.45) is 0 Å². The molecule has 0 aliphatic rings. The molecule has 0 saturated carbocycles. The molecule has 0 fully saturated rings. The van der Waals surface area contributed by atoms with Gasteiger partial charge in [0.2, 0.25) is 0 Å². The molecule has 3 rings (SSSR count). The van der Waals surface area contributed by atoms with Crippen molar-refractivity contribution < 1.29 is 9.53 Å². The number of fused-ring (bicyclic) bond motifs is 1. The Morgan fingerprint density at radius 3 is 2.74 bits per heavy atom. The maximum Gasteiger partial charge on any atom is 0.328 e. The summed E-state index contributed by atoms with van der Waals surface area (Å²) in [5.41, 5.74) is 2.25. The molecular weight excluding hydrogens is 314 g/mol. The molecule has 23 heavy (non-hydrogen) atoms. The van der Waals surface area contributed by atoms with E-state index in [0.29, 0.717) is 23.1 Å². The Hall–Kier alpha value is -2.40. The number of imidazole rings is 1. The zero-order chi connectivity index (χ0) is 16.4. The minimum Gasteiger partial charge on any atom is -0.464 e. The molecule has 3 aromatic rings. The minimum absolute atomic E-state index is 0.312. The number of rotatable bonds is 4. The molecule has 0 spiro atoms. The molecule has 0 aliphatic heterocycles. The third-order valence-corrected chi connectivity index (χ3v) is 3.82. The number of hydrogen-bond acceptors (Lipinski definition) is 4. The summed E-state index contributed by atoms with van der Waals surface area (Å²) < 4.78 is 6.95. The molecule has 1 aromatic carbocycles. The first-order valence-electron chi connectivity index (χ1n) is 7.37. The Morgan fingerprint density at radius 2 is 2.04 bits per heavy atom. The largest absolute Gasteiger partial charge is 0.464 e. The summed E-state index contributed by atoms with van der Waals surface area (Å²) in [6, 6.07) is 10.5. The quantitative estimate of drug-likeness (QED) is 0.682. The lowest BCUT2D eigenvalue weighted by Crippen LogP contribution is -2.20. The van der Waals surface area contributed by atoms with Crippen molar-refractivity contribution in [3.8, 4) is 11.4 Å². The molecule has 118 valence electrons. The Bertz CT molecular complexity index is 843. The summed E-state index contributed by atoms with van der Waals surface area (Å²) in [5.74, 6) is 0.351. The highest BCUT2D eigenvalue weighted by atomic mass is 35.5. The molecule has 1 atom stereocenters. The summed E-state index contributed by atoms with van der Waals surface area (Å²) in [6.45, 7) is 3.90. The van der Waals surface area contributed by atoms with Crippen LogP contribution in [0.25, 0.3) is 22.6 Å². The van der Waals surface area contributed by atoms with Gasteiger partial charge in [-0.05, 0) is 50.2 Å². The van der Waals surface area contributed by atoms with Crippen LogP contribution in [0, 0.1) is 0 Å². The van der Waals surface area contributed by atoms with Gasteiger partial charge in [-0.1, -0.05) is 11.6 Å². The second kappa shape index (κ2) is 6.38. The zero-order valence-electron chi connectivity index (χ0n) is 12.9. The van der Waals surface area contributed by atoms with E-state index in [9.17, 15) is 4.79 Å². The molecule has 2 heterocycles. The van der Waals surface area contributed by atoms with Gasteiger partial charge in [0.1, 0.15) is 17.4 Å². The first kappa shape index (κ1) is 15.5. The molecule has 6 heteroatoms. The predicted molar refractivity (Wildman–Crippen MR) is 89.3 cm³/mol. The van der Waals surface area contributed by atoms with Crippen molar-refractivity contribution in [1.29, 1.82) is 0 Å². The van der Waals surface area contributed by atoms with E-state index in [2.05, 4.69) is 9.97 Å². The topological polar surface area (TPSA) is 57.0 Å².